The first-order chi connectivity index (χ1) is 7.61. The summed E-state index contributed by atoms with van der Waals surface area (Å²) in [6.45, 7) is 2.43. The van der Waals surface area contributed by atoms with Gasteiger partial charge in [-0.05, 0) is 19.3 Å². The molecule has 0 aliphatic carbocycles. The second kappa shape index (κ2) is 8.72. The lowest BCUT2D eigenvalue weighted by molar-refractivity contribution is -0.123. The van der Waals surface area contributed by atoms with Crippen molar-refractivity contribution in [1.29, 1.82) is 5.26 Å². The molecule has 90 valence electrons. The molecule has 0 radical (unpaired) electrons. The number of nitriles is 1. The largest absolute Gasteiger partial charge is 0.370 e. The normalized spacial score (nSPS) is 11.5. The van der Waals surface area contributed by atoms with Gasteiger partial charge in [-0.25, -0.2) is 0 Å². The zero-order valence-electron chi connectivity index (χ0n) is 9.66. The molecule has 0 aromatic heterocycles. The molecule has 0 spiro atoms. The maximum absolute atomic E-state index is 11.4. The van der Waals surface area contributed by atoms with Crippen LogP contribution in [0.5, 0.6) is 0 Å². The molecule has 0 aromatic carbocycles. The van der Waals surface area contributed by atoms with E-state index in [4.69, 9.17) is 11.0 Å². The van der Waals surface area contributed by atoms with Crippen molar-refractivity contribution in [2.24, 2.45) is 11.7 Å². The zero-order valence-corrected chi connectivity index (χ0v) is 9.66. The molecule has 0 aliphatic rings. The van der Waals surface area contributed by atoms with E-state index in [1.54, 1.807) is 0 Å². The Hall–Kier alpha value is -1.57. The lowest BCUT2D eigenvalue weighted by atomic mass is 10.0. The first-order valence-corrected chi connectivity index (χ1v) is 5.57. The van der Waals surface area contributed by atoms with E-state index in [2.05, 4.69) is 5.32 Å². The molecule has 0 saturated carbocycles. The Bertz CT molecular complexity index is 271. The van der Waals surface area contributed by atoms with Gasteiger partial charge in [-0.2, -0.15) is 5.26 Å². The molecular weight excluding hydrogens is 206 g/mol. The lowest BCUT2D eigenvalue weighted by Gasteiger charge is -2.08. The van der Waals surface area contributed by atoms with E-state index in [9.17, 15) is 9.59 Å². The Morgan fingerprint density at radius 2 is 2.12 bits per heavy atom. The molecule has 16 heavy (non-hydrogen) atoms. The molecule has 3 N–H and O–H groups in total. The Morgan fingerprint density at radius 3 is 2.62 bits per heavy atom. The number of nitrogens with two attached hydrogens (primary N) is 1. The van der Waals surface area contributed by atoms with Crippen LogP contribution in [0.25, 0.3) is 0 Å². The first kappa shape index (κ1) is 14.4. The molecule has 0 fully saturated rings. The van der Waals surface area contributed by atoms with Crippen molar-refractivity contribution < 1.29 is 9.59 Å². The highest BCUT2D eigenvalue weighted by Crippen LogP contribution is 2.04. The third kappa shape index (κ3) is 6.82. The number of carbonyl (C=O) groups excluding carboxylic acids is 2. The minimum absolute atomic E-state index is 0.219. The van der Waals surface area contributed by atoms with Gasteiger partial charge in [0.25, 0.3) is 0 Å². The number of nitrogens with zero attached hydrogens (tertiary/aromatic N) is 1. The highest BCUT2D eigenvalue weighted by atomic mass is 16.2. The Morgan fingerprint density at radius 1 is 1.44 bits per heavy atom. The topological polar surface area (TPSA) is 96.0 Å². The van der Waals surface area contributed by atoms with Gasteiger partial charge >= 0.3 is 0 Å². The molecule has 0 bridgehead atoms. The van der Waals surface area contributed by atoms with Crippen LogP contribution >= 0.6 is 0 Å². The van der Waals surface area contributed by atoms with E-state index >= 15 is 0 Å². The number of carbonyl (C=O) groups is 2. The number of primary amides is 1. The minimum Gasteiger partial charge on any atom is -0.370 e. The Labute approximate surface area is 96.0 Å². The van der Waals surface area contributed by atoms with Crippen molar-refractivity contribution in [3.63, 3.8) is 0 Å². The average Bonchev–Trinajstić information content (AvgIpc) is 2.24. The third-order valence-electron chi connectivity index (χ3n) is 2.20. The fourth-order valence-corrected chi connectivity index (χ4v) is 1.30. The maximum atomic E-state index is 11.4. The van der Waals surface area contributed by atoms with Gasteiger partial charge in [0.15, 0.2) is 0 Å². The summed E-state index contributed by atoms with van der Waals surface area (Å²) in [5, 5.41) is 11.4. The molecule has 0 aromatic rings. The molecule has 2 amide bonds. The van der Waals surface area contributed by atoms with E-state index in [-0.39, 0.29) is 11.8 Å². The summed E-state index contributed by atoms with van der Waals surface area (Å²) in [7, 11) is 0. The number of amides is 2. The highest BCUT2D eigenvalue weighted by Gasteiger charge is 2.15. The van der Waals surface area contributed by atoms with E-state index in [1.165, 1.54) is 0 Å². The minimum atomic E-state index is -0.554. The van der Waals surface area contributed by atoms with Crippen molar-refractivity contribution in [1.82, 2.24) is 5.32 Å². The molecule has 0 aliphatic heterocycles. The number of nitrogens with one attached hydrogen (secondary N) is 1. The standard InChI is InChI=1S/C11H19N3O2/c1-2-5-9(8-12)11(16)14-7-4-3-6-10(13)15/h9H,2-7H2,1H3,(H2,13,15)(H,14,16). The number of hydrogen-bond acceptors (Lipinski definition) is 3. The van der Waals surface area contributed by atoms with Gasteiger partial charge < -0.3 is 11.1 Å². The average molecular weight is 225 g/mol. The summed E-state index contributed by atoms with van der Waals surface area (Å²) in [5.41, 5.74) is 4.97. The fourth-order valence-electron chi connectivity index (χ4n) is 1.30. The SMILES string of the molecule is CCCC(C#N)C(=O)NCCCCC(N)=O. The predicted molar refractivity (Wildman–Crippen MR) is 60.1 cm³/mol. The lowest BCUT2D eigenvalue weighted by Crippen LogP contribution is -2.30. The van der Waals surface area contributed by atoms with E-state index in [0.717, 1.165) is 6.42 Å². The smallest absolute Gasteiger partial charge is 0.237 e. The molecule has 5 heteroatoms. The van der Waals surface area contributed by atoms with Crippen molar-refractivity contribution in [3.8, 4) is 6.07 Å². The molecule has 1 atom stereocenters. The summed E-state index contributed by atoms with van der Waals surface area (Å²) in [6.07, 6.45) is 3.11. The maximum Gasteiger partial charge on any atom is 0.237 e. The van der Waals surface area contributed by atoms with Crippen molar-refractivity contribution in [2.75, 3.05) is 6.54 Å². The fraction of sp³-hybridized carbons (Fsp3) is 0.727. The summed E-state index contributed by atoms with van der Waals surface area (Å²) in [4.78, 5) is 21.9. The second-order valence-corrected chi connectivity index (χ2v) is 3.68. The van der Waals surface area contributed by atoms with E-state index < -0.39 is 5.92 Å². The molecule has 0 rings (SSSR count). The molecule has 0 saturated heterocycles. The van der Waals surface area contributed by atoms with Gasteiger partial charge in [-0.3, -0.25) is 9.59 Å². The van der Waals surface area contributed by atoms with Crippen LogP contribution in [0.2, 0.25) is 0 Å². The molecule has 1 unspecified atom stereocenters. The van der Waals surface area contributed by atoms with Crippen LogP contribution in [0.4, 0.5) is 0 Å². The second-order valence-electron chi connectivity index (χ2n) is 3.68. The summed E-state index contributed by atoms with van der Waals surface area (Å²) in [5.74, 6) is -1.10. The zero-order chi connectivity index (χ0) is 12.4. The van der Waals surface area contributed by atoms with Crippen molar-refractivity contribution in [2.45, 2.75) is 39.0 Å². The van der Waals surface area contributed by atoms with E-state index in [0.29, 0.717) is 32.2 Å². The number of unbranched alkanes of at least 4 members (excludes halogenated alkanes) is 1. The van der Waals surface area contributed by atoms with Crippen LogP contribution in [0.15, 0.2) is 0 Å². The number of rotatable bonds is 8. The first-order valence-electron chi connectivity index (χ1n) is 5.57. The van der Waals surface area contributed by atoms with Crippen LogP contribution in [-0.4, -0.2) is 18.4 Å². The third-order valence-corrected chi connectivity index (χ3v) is 2.20. The van der Waals surface area contributed by atoms with Crippen LogP contribution < -0.4 is 11.1 Å². The van der Waals surface area contributed by atoms with Gasteiger partial charge in [-0.1, -0.05) is 13.3 Å². The van der Waals surface area contributed by atoms with Crippen LogP contribution in [0.1, 0.15) is 39.0 Å². The van der Waals surface area contributed by atoms with Gasteiger partial charge in [0.05, 0.1) is 6.07 Å². The molecule has 5 nitrogen and oxygen atoms in total. The number of hydrogen-bond donors (Lipinski definition) is 2. The highest BCUT2D eigenvalue weighted by molar-refractivity contribution is 5.80. The molecule has 0 heterocycles. The van der Waals surface area contributed by atoms with E-state index in [1.807, 2.05) is 13.0 Å². The van der Waals surface area contributed by atoms with Crippen LogP contribution in [-0.2, 0) is 9.59 Å². The summed E-state index contributed by atoms with van der Waals surface area (Å²) < 4.78 is 0. The van der Waals surface area contributed by atoms with Crippen LogP contribution in [0, 0.1) is 17.2 Å². The summed E-state index contributed by atoms with van der Waals surface area (Å²) in [6, 6.07) is 1.98. The van der Waals surface area contributed by atoms with Gasteiger partial charge in [0, 0.05) is 13.0 Å². The van der Waals surface area contributed by atoms with Gasteiger partial charge in [-0.15, -0.1) is 0 Å². The quantitative estimate of drug-likeness (QED) is 0.595. The Kier molecular flexibility index (Phi) is 7.86. The van der Waals surface area contributed by atoms with Crippen molar-refractivity contribution in [3.05, 3.63) is 0 Å². The van der Waals surface area contributed by atoms with Gasteiger partial charge in [0.2, 0.25) is 11.8 Å². The monoisotopic (exact) mass is 225 g/mol. The Balaban J connectivity index is 3.64. The van der Waals surface area contributed by atoms with Crippen LogP contribution in [0.3, 0.4) is 0 Å². The molecular formula is C11H19N3O2. The van der Waals surface area contributed by atoms with Crippen molar-refractivity contribution >= 4 is 11.8 Å². The predicted octanol–water partition coefficient (Wildman–Crippen LogP) is 0.698. The summed E-state index contributed by atoms with van der Waals surface area (Å²) >= 11 is 0. The van der Waals surface area contributed by atoms with Gasteiger partial charge in [0.1, 0.15) is 5.92 Å².